The van der Waals surface area contributed by atoms with Gasteiger partial charge in [0.2, 0.25) is 0 Å². The molecule has 0 amide bonds. The number of aromatic nitrogens is 2. The van der Waals surface area contributed by atoms with Gasteiger partial charge in [0.05, 0.1) is 22.1 Å². The van der Waals surface area contributed by atoms with Crippen molar-refractivity contribution < 1.29 is 0 Å². The van der Waals surface area contributed by atoms with E-state index in [9.17, 15) is 0 Å². The van der Waals surface area contributed by atoms with Crippen LogP contribution in [-0.4, -0.2) is 9.13 Å². The monoisotopic (exact) mass is 1380 g/mol. The summed E-state index contributed by atoms with van der Waals surface area (Å²) in [5.41, 5.74) is 28.2. The van der Waals surface area contributed by atoms with Crippen LogP contribution < -0.4 is 9.80 Å². The van der Waals surface area contributed by atoms with Crippen LogP contribution in [0.1, 0.15) is 0 Å². The second-order valence-electron chi connectivity index (χ2n) is 27.6. The summed E-state index contributed by atoms with van der Waals surface area (Å²) < 4.78 is 4.76. The number of para-hydroxylation sites is 4. The molecule has 2 heterocycles. The predicted molar refractivity (Wildman–Crippen MR) is 459 cm³/mol. The van der Waals surface area contributed by atoms with Crippen LogP contribution in [0.25, 0.3) is 143 Å². The Labute approximate surface area is 629 Å². The first kappa shape index (κ1) is 64.5. The van der Waals surface area contributed by atoms with Gasteiger partial charge in [-0.2, -0.15) is 0 Å². The maximum absolute atomic E-state index is 2.38. The summed E-state index contributed by atoms with van der Waals surface area (Å²) in [5, 5.41) is 10.1. The molecule has 0 unspecified atom stereocenters. The molecule has 508 valence electrons. The van der Waals surface area contributed by atoms with Gasteiger partial charge in [-0.3, -0.25) is 0 Å². The van der Waals surface area contributed by atoms with E-state index in [4.69, 9.17) is 0 Å². The molecular formula is C104H72N4. The van der Waals surface area contributed by atoms with Gasteiger partial charge in [0.25, 0.3) is 0 Å². The minimum Gasteiger partial charge on any atom is -0.311 e. The number of nitrogens with zero attached hydrogens (tertiary/aromatic N) is 4. The molecule has 0 aliphatic rings. The average molecular weight is 1380 g/mol. The average Bonchev–Trinajstić information content (AvgIpc) is 1.67. The van der Waals surface area contributed by atoms with E-state index in [1.165, 1.54) is 132 Å². The molecule has 108 heavy (non-hydrogen) atoms. The van der Waals surface area contributed by atoms with E-state index >= 15 is 0 Å². The van der Waals surface area contributed by atoms with Crippen molar-refractivity contribution in [1.29, 1.82) is 0 Å². The van der Waals surface area contributed by atoms with Gasteiger partial charge in [-0.15, -0.1) is 0 Å². The fourth-order valence-electron chi connectivity index (χ4n) is 15.9. The zero-order chi connectivity index (χ0) is 71.7. The third-order valence-electron chi connectivity index (χ3n) is 21.2. The van der Waals surface area contributed by atoms with Gasteiger partial charge in [0.1, 0.15) is 0 Å². The topological polar surface area (TPSA) is 16.3 Å². The number of benzene rings is 18. The summed E-state index contributed by atoms with van der Waals surface area (Å²) in [5.74, 6) is 0. The van der Waals surface area contributed by atoms with Crippen molar-refractivity contribution in [3.63, 3.8) is 0 Å². The van der Waals surface area contributed by atoms with Gasteiger partial charge in [-0.25, -0.2) is 0 Å². The molecule has 20 rings (SSSR count). The van der Waals surface area contributed by atoms with E-state index in [-0.39, 0.29) is 0 Å². The molecule has 0 spiro atoms. The van der Waals surface area contributed by atoms with E-state index in [0.29, 0.717) is 0 Å². The van der Waals surface area contributed by atoms with E-state index in [1.807, 2.05) is 0 Å². The van der Waals surface area contributed by atoms with Crippen LogP contribution >= 0.6 is 0 Å². The molecule has 0 saturated heterocycles. The molecule has 0 aliphatic heterocycles. The first-order chi connectivity index (χ1) is 53.5. The highest BCUT2D eigenvalue weighted by Gasteiger charge is 2.20. The van der Waals surface area contributed by atoms with Crippen molar-refractivity contribution in [2.75, 3.05) is 9.80 Å². The van der Waals surface area contributed by atoms with Crippen LogP contribution in [-0.2, 0) is 0 Å². The first-order valence-corrected chi connectivity index (χ1v) is 37.0. The molecule has 0 bridgehead atoms. The number of hydrogen-bond acceptors (Lipinski definition) is 2. The minimum absolute atomic E-state index is 1.10. The van der Waals surface area contributed by atoms with E-state index in [2.05, 4.69) is 456 Å². The quantitative estimate of drug-likeness (QED) is 0.108. The lowest BCUT2D eigenvalue weighted by atomic mass is 9.98. The van der Waals surface area contributed by atoms with Crippen LogP contribution in [0.15, 0.2) is 437 Å². The molecule has 0 aliphatic carbocycles. The Morgan fingerprint density at radius 1 is 0.148 bits per heavy atom. The molecule has 0 N–H and O–H groups in total. The maximum Gasteiger partial charge on any atom is 0.0541 e. The normalized spacial score (nSPS) is 11.3. The summed E-state index contributed by atoms with van der Waals surface area (Å²) in [6, 6.07) is 158. The lowest BCUT2D eigenvalue weighted by Crippen LogP contribution is -2.09. The first-order valence-electron chi connectivity index (χ1n) is 37.0. The number of fused-ring (bicyclic) bond motifs is 8. The standard InChI is InChI=1S/2C52H36N2/c1-2-12-37(13-3-1)38-24-30-43(31-25-38)53(45-34-28-41(29-35-45)48-21-11-15-40-14-4-5-18-47(40)48)44-32-26-39(27-33-44)42-16-10-17-46(36-42)54-51-22-8-6-19-49(51)50-20-7-9-23-52(50)54;1-2-11-37(12-3-1)39-23-29-45(30-24-39)53(47-33-27-41(28-34-47)44-22-21-38-13-4-5-14-42(38)35-44)46-31-25-40(26-32-46)43-15-10-16-48(36-43)54-51-19-8-6-17-49(51)50-18-7-9-20-52(50)54/h2*1-36H. The van der Waals surface area contributed by atoms with E-state index in [1.54, 1.807) is 0 Å². The SMILES string of the molecule is c1ccc(-c2ccc(N(c3ccc(-c4cccc(-n5c6ccccc6c6ccccc65)c4)cc3)c3ccc(-c4ccc5ccccc5c4)cc3)cc2)cc1.c1ccc(-c2ccc(N(c3ccc(-c4cccc(-n5c6ccccc6c6ccccc65)c4)cc3)c3ccc(-c4cccc5ccccc45)cc3)cc2)cc1. The predicted octanol–water partition coefficient (Wildman–Crippen LogP) is 28.8. The summed E-state index contributed by atoms with van der Waals surface area (Å²) in [4.78, 5) is 4.69. The van der Waals surface area contributed by atoms with Gasteiger partial charge >= 0.3 is 0 Å². The van der Waals surface area contributed by atoms with Crippen molar-refractivity contribution >= 4 is 99.3 Å². The van der Waals surface area contributed by atoms with Crippen LogP contribution in [0.5, 0.6) is 0 Å². The Morgan fingerprint density at radius 3 is 0.796 bits per heavy atom. The molecule has 18 aromatic carbocycles. The van der Waals surface area contributed by atoms with Gasteiger partial charge in [0.15, 0.2) is 0 Å². The van der Waals surface area contributed by atoms with Crippen LogP contribution in [0.3, 0.4) is 0 Å². The molecule has 0 fully saturated rings. The van der Waals surface area contributed by atoms with Crippen molar-refractivity contribution in [1.82, 2.24) is 9.13 Å². The summed E-state index contributed by atoms with van der Waals surface area (Å²) >= 11 is 0. The molecule has 0 saturated carbocycles. The Hall–Kier alpha value is -14.3. The summed E-state index contributed by atoms with van der Waals surface area (Å²) in [6.07, 6.45) is 0. The smallest absolute Gasteiger partial charge is 0.0541 e. The molecular weight excluding hydrogens is 1310 g/mol. The highest BCUT2D eigenvalue weighted by atomic mass is 15.1. The summed E-state index contributed by atoms with van der Waals surface area (Å²) in [6.45, 7) is 0. The third-order valence-corrected chi connectivity index (χ3v) is 21.2. The van der Waals surface area contributed by atoms with E-state index < -0.39 is 0 Å². The lowest BCUT2D eigenvalue weighted by molar-refractivity contribution is 1.18. The van der Waals surface area contributed by atoms with E-state index in [0.717, 1.165) is 45.5 Å². The van der Waals surface area contributed by atoms with Crippen molar-refractivity contribution in [3.8, 4) is 78.1 Å². The second kappa shape index (κ2) is 28.4. The van der Waals surface area contributed by atoms with Gasteiger partial charge in [0, 0.05) is 67.0 Å². The zero-order valence-electron chi connectivity index (χ0n) is 59.4. The van der Waals surface area contributed by atoms with Crippen LogP contribution in [0.4, 0.5) is 34.1 Å². The highest BCUT2D eigenvalue weighted by molar-refractivity contribution is 6.10. The Kier molecular flexibility index (Phi) is 17.0. The van der Waals surface area contributed by atoms with Gasteiger partial charge < -0.3 is 18.9 Å². The molecule has 20 aromatic rings. The molecule has 4 nitrogen and oxygen atoms in total. The largest absolute Gasteiger partial charge is 0.311 e. The Morgan fingerprint density at radius 2 is 0.407 bits per heavy atom. The van der Waals surface area contributed by atoms with Gasteiger partial charge in [-0.05, 0) is 216 Å². The second-order valence-corrected chi connectivity index (χ2v) is 27.6. The maximum atomic E-state index is 2.38. The fourth-order valence-corrected chi connectivity index (χ4v) is 15.9. The van der Waals surface area contributed by atoms with Crippen molar-refractivity contribution in [2.24, 2.45) is 0 Å². The van der Waals surface area contributed by atoms with Crippen molar-refractivity contribution in [2.45, 2.75) is 0 Å². The molecule has 0 atom stereocenters. The third kappa shape index (κ3) is 12.4. The highest BCUT2D eigenvalue weighted by Crippen LogP contribution is 2.43. The number of rotatable bonds is 14. The zero-order valence-corrected chi connectivity index (χ0v) is 59.4. The van der Waals surface area contributed by atoms with Crippen LogP contribution in [0, 0.1) is 0 Å². The molecule has 4 heteroatoms. The number of anilines is 6. The molecule has 2 aromatic heterocycles. The summed E-state index contributed by atoms with van der Waals surface area (Å²) in [7, 11) is 0. The van der Waals surface area contributed by atoms with Crippen LogP contribution in [0.2, 0.25) is 0 Å². The fraction of sp³-hybridized carbons (Fsp3) is 0. The van der Waals surface area contributed by atoms with Crippen molar-refractivity contribution in [3.05, 3.63) is 437 Å². The molecule has 0 radical (unpaired) electrons. The van der Waals surface area contributed by atoms with Gasteiger partial charge in [-0.1, -0.05) is 309 Å². The Bertz CT molecular complexity index is 6500. The Balaban J connectivity index is 0.000000147. The minimum atomic E-state index is 1.10. The lowest BCUT2D eigenvalue weighted by Gasteiger charge is -2.26. The number of hydrogen-bond donors (Lipinski definition) is 0.